The molecule has 0 aliphatic carbocycles. The molecule has 21 heavy (non-hydrogen) atoms. The van der Waals surface area contributed by atoms with Crippen LogP contribution in [0.1, 0.15) is 25.3 Å². The van der Waals surface area contributed by atoms with Gasteiger partial charge >= 0.3 is 0 Å². The quantitative estimate of drug-likeness (QED) is 0.497. The maximum Gasteiger partial charge on any atom is 0.189 e. The molecule has 0 unspecified atom stereocenters. The molecule has 0 amide bonds. The molecule has 2 rings (SSSR count). The van der Waals surface area contributed by atoms with Gasteiger partial charge < -0.3 is 16.0 Å². The Kier molecular flexibility index (Phi) is 5.67. The van der Waals surface area contributed by atoms with E-state index in [0.717, 1.165) is 19.0 Å². The molecule has 0 saturated carbocycles. The summed E-state index contributed by atoms with van der Waals surface area (Å²) in [6.07, 6.45) is 4.34. The number of guanidine groups is 1. The first-order valence-electron chi connectivity index (χ1n) is 7.67. The summed E-state index contributed by atoms with van der Waals surface area (Å²) in [7, 11) is 0. The number of aliphatic imine (C=N–C) groups is 1. The summed E-state index contributed by atoms with van der Waals surface area (Å²) in [5.74, 6) is 1.32. The van der Waals surface area contributed by atoms with Crippen LogP contribution in [-0.2, 0) is 6.54 Å². The Labute approximate surface area is 127 Å². The van der Waals surface area contributed by atoms with Crippen molar-refractivity contribution in [3.8, 4) is 0 Å². The monoisotopic (exact) mass is 286 g/mol. The molecule has 0 spiro atoms. The SMILES string of the molecule is C=CCNC(N)=NCc1ccc(N2CCC(C)CC2)cc1. The molecule has 114 valence electrons. The molecule has 1 aliphatic rings. The summed E-state index contributed by atoms with van der Waals surface area (Å²) in [6, 6.07) is 8.65. The minimum Gasteiger partial charge on any atom is -0.372 e. The van der Waals surface area contributed by atoms with E-state index in [1.54, 1.807) is 6.08 Å². The average Bonchev–Trinajstić information content (AvgIpc) is 2.52. The second-order valence-corrected chi connectivity index (χ2v) is 5.71. The van der Waals surface area contributed by atoms with Crippen molar-refractivity contribution in [1.82, 2.24) is 5.32 Å². The smallest absolute Gasteiger partial charge is 0.189 e. The second-order valence-electron chi connectivity index (χ2n) is 5.71. The van der Waals surface area contributed by atoms with Gasteiger partial charge in [0.25, 0.3) is 0 Å². The predicted octanol–water partition coefficient (Wildman–Crippen LogP) is 2.51. The number of hydrogen-bond acceptors (Lipinski definition) is 2. The Morgan fingerprint density at radius 3 is 2.67 bits per heavy atom. The molecule has 0 atom stereocenters. The number of piperidine rings is 1. The fourth-order valence-electron chi connectivity index (χ4n) is 2.49. The molecule has 0 aromatic heterocycles. The van der Waals surface area contributed by atoms with Crippen molar-refractivity contribution in [3.63, 3.8) is 0 Å². The lowest BCUT2D eigenvalue weighted by Gasteiger charge is -2.32. The fourth-order valence-corrected chi connectivity index (χ4v) is 2.49. The number of hydrogen-bond donors (Lipinski definition) is 2. The van der Waals surface area contributed by atoms with Crippen LogP contribution in [0.25, 0.3) is 0 Å². The highest BCUT2D eigenvalue weighted by Crippen LogP contribution is 2.23. The standard InChI is InChI=1S/C17H26N4/c1-3-10-19-17(18)20-13-15-4-6-16(7-5-15)21-11-8-14(2)9-12-21/h3-7,14H,1,8-13H2,2H3,(H3,18,19,20). The van der Waals surface area contributed by atoms with Crippen LogP contribution in [0.15, 0.2) is 41.9 Å². The predicted molar refractivity (Wildman–Crippen MR) is 90.6 cm³/mol. The van der Waals surface area contributed by atoms with E-state index in [2.05, 4.69) is 53.0 Å². The van der Waals surface area contributed by atoms with Crippen molar-refractivity contribution in [2.75, 3.05) is 24.5 Å². The number of nitrogens with zero attached hydrogens (tertiary/aromatic N) is 2. The molecule has 1 fully saturated rings. The van der Waals surface area contributed by atoms with Crippen molar-refractivity contribution >= 4 is 11.6 Å². The number of nitrogens with two attached hydrogens (primary N) is 1. The molecule has 0 radical (unpaired) electrons. The minimum absolute atomic E-state index is 0.462. The van der Waals surface area contributed by atoms with E-state index in [9.17, 15) is 0 Å². The van der Waals surface area contributed by atoms with E-state index in [0.29, 0.717) is 19.0 Å². The lowest BCUT2D eigenvalue weighted by molar-refractivity contribution is 0.438. The summed E-state index contributed by atoms with van der Waals surface area (Å²) in [4.78, 5) is 6.77. The number of anilines is 1. The summed E-state index contributed by atoms with van der Waals surface area (Å²) in [5.41, 5.74) is 8.24. The van der Waals surface area contributed by atoms with E-state index in [1.807, 2.05) is 0 Å². The van der Waals surface area contributed by atoms with E-state index in [4.69, 9.17) is 5.73 Å². The van der Waals surface area contributed by atoms with Crippen molar-refractivity contribution in [2.45, 2.75) is 26.3 Å². The molecular formula is C17H26N4. The Morgan fingerprint density at radius 2 is 2.05 bits per heavy atom. The van der Waals surface area contributed by atoms with Crippen LogP contribution in [0, 0.1) is 5.92 Å². The first-order valence-corrected chi connectivity index (χ1v) is 7.67. The fraction of sp³-hybridized carbons (Fsp3) is 0.471. The third kappa shape index (κ3) is 4.81. The zero-order valence-electron chi connectivity index (χ0n) is 12.9. The van der Waals surface area contributed by atoms with Gasteiger partial charge in [-0.15, -0.1) is 6.58 Å². The number of benzene rings is 1. The topological polar surface area (TPSA) is 53.6 Å². The highest BCUT2D eigenvalue weighted by molar-refractivity contribution is 5.77. The largest absolute Gasteiger partial charge is 0.372 e. The third-order valence-corrected chi connectivity index (χ3v) is 3.94. The van der Waals surface area contributed by atoms with E-state index in [1.165, 1.54) is 24.1 Å². The van der Waals surface area contributed by atoms with E-state index < -0.39 is 0 Å². The van der Waals surface area contributed by atoms with Gasteiger partial charge in [-0.2, -0.15) is 0 Å². The molecule has 1 aromatic rings. The Hall–Kier alpha value is -1.97. The van der Waals surface area contributed by atoms with Gasteiger partial charge in [0, 0.05) is 25.3 Å². The Morgan fingerprint density at radius 1 is 1.38 bits per heavy atom. The molecule has 4 heteroatoms. The molecule has 4 nitrogen and oxygen atoms in total. The lowest BCUT2D eigenvalue weighted by atomic mass is 9.99. The Bertz CT molecular complexity index is 470. The first kappa shape index (κ1) is 15.4. The highest BCUT2D eigenvalue weighted by atomic mass is 15.1. The van der Waals surface area contributed by atoms with Crippen LogP contribution in [0.4, 0.5) is 5.69 Å². The van der Waals surface area contributed by atoms with Crippen LogP contribution >= 0.6 is 0 Å². The molecule has 0 bridgehead atoms. The molecule has 1 saturated heterocycles. The van der Waals surface area contributed by atoms with E-state index in [-0.39, 0.29) is 0 Å². The van der Waals surface area contributed by atoms with Crippen LogP contribution in [0.5, 0.6) is 0 Å². The van der Waals surface area contributed by atoms with Crippen molar-refractivity contribution in [1.29, 1.82) is 0 Å². The van der Waals surface area contributed by atoms with Crippen LogP contribution in [0.3, 0.4) is 0 Å². The van der Waals surface area contributed by atoms with Gasteiger partial charge in [0.2, 0.25) is 0 Å². The lowest BCUT2D eigenvalue weighted by Crippen LogP contribution is -2.32. The summed E-state index contributed by atoms with van der Waals surface area (Å²) in [5, 5.41) is 2.97. The first-order chi connectivity index (χ1) is 10.2. The normalized spacial score (nSPS) is 16.8. The minimum atomic E-state index is 0.462. The maximum absolute atomic E-state index is 5.75. The van der Waals surface area contributed by atoms with Gasteiger partial charge in [0.15, 0.2) is 5.96 Å². The molecule has 1 aromatic carbocycles. The molecule has 3 N–H and O–H groups in total. The van der Waals surface area contributed by atoms with Gasteiger partial charge in [0.1, 0.15) is 0 Å². The molecule has 1 aliphatic heterocycles. The Balaban J connectivity index is 1.88. The van der Waals surface area contributed by atoms with Crippen molar-refractivity contribution < 1.29 is 0 Å². The van der Waals surface area contributed by atoms with E-state index >= 15 is 0 Å². The summed E-state index contributed by atoms with van der Waals surface area (Å²) in [6.45, 7) is 9.54. The number of nitrogens with one attached hydrogen (secondary N) is 1. The maximum atomic E-state index is 5.75. The van der Waals surface area contributed by atoms with Gasteiger partial charge in [0.05, 0.1) is 6.54 Å². The van der Waals surface area contributed by atoms with Gasteiger partial charge in [-0.25, -0.2) is 4.99 Å². The summed E-state index contributed by atoms with van der Waals surface area (Å²) >= 11 is 0. The number of rotatable bonds is 5. The van der Waals surface area contributed by atoms with Gasteiger partial charge in [-0.05, 0) is 36.5 Å². The second kappa shape index (κ2) is 7.72. The van der Waals surface area contributed by atoms with Crippen LogP contribution < -0.4 is 16.0 Å². The van der Waals surface area contributed by atoms with Crippen LogP contribution in [-0.4, -0.2) is 25.6 Å². The van der Waals surface area contributed by atoms with Crippen molar-refractivity contribution in [2.24, 2.45) is 16.6 Å². The molecular weight excluding hydrogens is 260 g/mol. The highest BCUT2D eigenvalue weighted by Gasteiger charge is 2.15. The zero-order valence-corrected chi connectivity index (χ0v) is 12.9. The van der Waals surface area contributed by atoms with Gasteiger partial charge in [-0.3, -0.25) is 0 Å². The van der Waals surface area contributed by atoms with Crippen molar-refractivity contribution in [3.05, 3.63) is 42.5 Å². The van der Waals surface area contributed by atoms with Crippen LogP contribution in [0.2, 0.25) is 0 Å². The van der Waals surface area contributed by atoms with Gasteiger partial charge in [-0.1, -0.05) is 25.1 Å². The zero-order chi connectivity index (χ0) is 15.1. The summed E-state index contributed by atoms with van der Waals surface area (Å²) < 4.78 is 0. The molecule has 1 heterocycles. The third-order valence-electron chi connectivity index (χ3n) is 3.94. The average molecular weight is 286 g/mol.